The number of benzene rings is 1. The zero-order chi connectivity index (χ0) is 8.43. The Bertz CT molecular complexity index is 238. The maximum Gasteiger partial charge on any atom is 0.200 e. The molecule has 0 saturated carbocycles. The van der Waals surface area contributed by atoms with Gasteiger partial charge in [-0.1, -0.05) is 18.2 Å². The van der Waals surface area contributed by atoms with E-state index < -0.39 is 8.38 Å². The van der Waals surface area contributed by atoms with Crippen molar-refractivity contribution in [2.45, 2.75) is 13.8 Å². The van der Waals surface area contributed by atoms with Gasteiger partial charge in [-0.15, -0.1) is 0 Å². The first kappa shape index (κ1) is 8.66. The standard InChI is InChI=1S/C8H11O2P/c1-6-4-3-5-7(2)8(6)11(9)10/h3-5,9-10H,1-2H3. The Morgan fingerprint density at radius 3 is 1.82 bits per heavy atom. The van der Waals surface area contributed by atoms with Gasteiger partial charge in [0, 0.05) is 5.30 Å². The van der Waals surface area contributed by atoms with Gasteiger partial charge in [-0.25, -0.2) is 0 Å². The molecule has 0 amide bonds. The molecule has 1 rings (SSSR count). The van der Waals surface area contributed by atoms with E-state index in [0.29, 0.717) is 5.30 Å². The number of hydrogen-bond acceptors (Lipinski definition) is 2. The lowest BCUT2D eigenvalue weighted by atomic mass is 10.2. The van der Waals surface area contributed by atoms with Crippen LogP contribution >= 0.6 is 8.38 Å². The third kappa shape index (κ3) is 1.78. The lowest BCUT2D eigenvalue weighted by Crippen LogP contribution is -2.08. The summed E-state index contributed by atoms with van der Waals surface area (Å²) in [5.74, 6) is 0. The highest BCUT2D eigenvalue weighted by molar-refractivity contribution is 7.54. The van der Waals surface area contributed by atoms with Crippen molar-refractivity contribution >= 4 is 13.7 Å². The van der Waals surface area contributed by atoms with E-state index >= 15 is 0 Å². The predicted octanol–water partition coefficient (Wildman–Crippen LogP) is 1.23. The summed E-state index contributed by atoms with van der Waals surface area (Å²) >= 11 is 0. The minimum Gasteiger partial charge on any atom is -0.347 e. The molecular weight excluding hydrogens is 159 g/mol. The summed E-state index contributed by atoms with van der Waals surface area (Å²) in [6, 6.07) is 5.67. The van der Waals surface area contributed by atoms with Gasteiger partial charge in [-0.05, 0) is 25.0 Å². The van der Waals surface area contributed by atoms with Crippen LogP contribution < -0.4 is 5.30 Å². The van der Waals surface area contributed by atoms with Crippen LogP contribution in [0, 0.1) is 13.8 Å². The van der Waals surface area contributed by atoms with E-state index in [0.717, 1.165) is 11.1 Å². The number of hydrogen-bond donors (Lipinski definition) is 2. The van der Waals surface area contributed by atoms with Crippen molar-refractivity contribution in [1.82, 2.24) is 0 Å². The quantitative estimate of drug-likeness (QED) is 0.622. The summed E-state index contributed by atoms with van der Waals surface area (Å²) in [6.45, 7) is 3.76. The Labute approximate surface area is 67.4 Å². The molecule has 0 unspecified atom stereocenters. The van der Waals surface area contributed by atoms with Crippen LogP contribution in [-0.2, 0) is 0 Å². The second kappa shape index (κ2) is 3.31. The van der Waals surface area contributed by atoms with Gasteiger partial charge in [0.05, 0.1) is 0 Å². The fraction of sp³-hybridized carbons (Fsp3) is 0.250. The van der Waals surface area contributed by atoms with Crippen LogP contribution in [0.4, 0.5) is 0 Å². The molecule has 0 aromatic heterocycles. The van der Waals surface area contributed by atoms with Crippen LogP contribution in [-0.4, -0.2) is 9.79 Å². The average Bonchev–Trinajstić information content (AvgIpc) is 1.85. The minimum atomic E-state index is -1.94. The monoisotopic (exact) mass is 170 g/mol. The summed E-state index contributed by atoms with van der Waals surface area (Å²) < 4.78 is 0. The Kier molecular flexibility index (Phi) is 2.61. The molecule has 0 aliphatic rings. The van der Waals surface area contributed by atoms with Crippen LogP contribution in [0.5, 0.6) is 0 Å². The molecule has 0 radical (unpaired) electrons. The molecule has 11 heavy (non-hydrogen) atoms. The van der Waals surface area contributed by atoms with Crippen LogP contribution in [0.25, 0.3) is 0 Å². The molecule has 0 heterocycles. The highest BCUT2D eigenvalue weighted by Crippen LogP contribution is 2.25. The molecular formula is C8H11O2P. The van der Waals surface area contributed by atoms with Crippen LogP contribution in [0.3, 0.4) is 0 Å². The van der Waals surface area contributed by atoms with Gasteiger partial charge >= 0.3 is 0 Å². The first-order valence-corrected chi connectivity index (χ1v) is 4.61. The molecule has 0 saturated heterocycles. The summed E-state index contributed by atoms with van der Waals surface area (Å²) in [5.41, 5.74) is 1.89. The maximum atomic E-state index is 9.01. The average molecular weight is 170 g/mol. The minimum absolute atomic E-state index is 0.683. The highest BCUT2D eigenvalue weighted by atomic mass is 31.2. The summed E-state index contributed by atoms with van der Waals surface area (Å²) in [7, 11) is -1.94. The van der Waals surface area contributed by atoms with Crippen molar-refractivity contribution in [2.75, 3.05) is 0 Å². The third-order valence-electron chi connectivity index (χ3n) is 1.64. The lowest BCUT2D eigenvalue weighted by molar-refractivity contribution is 0.496. The van der Waals surface area contributed by atoms with Gasteiger partial charge in [0.15, 0.2) is 8.38 Å². The Balaban J connectivity index is 3.21. The van der Waals surface area contributed by atoms with Gasteiger partial charge in [0.25, 0.3) is 0 Å². The zero-order valence-electron chi connectivity index (χ0n) is 6.57. The molecule has 2 N–H and O–H groups in total. The summed E-state index contributed by atoms with van der Waals surface area (Å²) in [5, 5.41) is 0.683. The highest BCUT2D eigenvalue weighted by Gasteiger charge is 2.09. The molecule has 1 aromatic carbocycles. The van der Waals surface area contributed by atoms with Crippen molar-refractivity contribution < 1.29 is 9.79 Å². The number of aryl methyl sites for hydroxylation is 2. The van der Waals surface area contributed by atoms with E-state index in [9.17, 15) is 0 Å². The second-order valence-electron chi connectivity index (χ2n) is 2.53. The lowest BCUT2D eigenvalue weighted by Gasteiger charge is -2.09. The largest absolute Gasteiger partial charge is 0.347 e. The Hall–Kier alpha value is -0.430. The molecule has 0 aliphatic heterocycles. The Morgan fingerprint density at radius 1 is 1.09 bits per heavy atom. The van der Waals surface area contributed by atoms with Gasteiger partial charge in [0.2, 0.25) is 0 Å². The summed E-state index contributed by atoms with van der Waals surface area (Å²) in [6.07, 6.45) is 0. The molecule has 1 aromatic rings. The fourth-order valence-electron chi connectivity index (χ4n) is 1.12. The van der Waals surface area contributed by atoms with Gasteiger partial charge in [0.1, 0.15) is 0 Å². The summed E-state index contributed by atoms with van der Waals surface area (Å²) in [4.78, 5) is 18.0. The van der Waals surface area contributed by atoms with E-state index in [1.54, 1.807) is 0 Å². The topological polar surface area (TPSA) is 40.5 Å². The molecule has 2 nitrogen and oxygen atoms in total. The zero-order valence-corrected chi connectivity index (χ0v) is 7.47. The smallest absolute Gasteiger partial charge is 0.200 e. The molecule has 60 valence electrons. The van der Waals surface area contributed by atoms with Crippen LogP contribution in [0.15, 0.2) is 18.2 Å². The molecule has 0 fully saturated rings. The first-order valence-electron chi connectivity index (χ1n) is 3.37. The van der Waals surface area contributed by atoms with E-state index in [1.807, 2.05) is 32.0 Å². The fourth-order valence-corrected chi connectivity index (χ4v) is 1.90. The maximum absolute atomic E-state index is 9.01. The van der Waals surface area contributed by atoms with Crippen LogP contribution in [0.1, 0.15) is 11.1 Å². The molecule has 0 bridgehead atoms. The molecule has 0 atom stereocenters. The van der Waals surface area contributed by atoms with Gasteiger partial charge < -0.3 is 9.79 Å². The first-order chi connectivity index (χ1) is 5.13. The molecule has 0 aliphatic carbocycles. The third-order valence-corrected chi connectivity index (χ3v) is 2.74. The van der Waals surface area contributed by atoms with Crippen molar-refractivity contribution in [3.8, 4) is 0 Å². The van der Waals surface area contributed by atoms with Gasteiger partial charge in [-0.2, -0.15) is 0 Å². The SMILES string of the molecule is Cc1cccc(C)c1P(O)O. The van der Waals surface area contributed by atoms with Crippen molar-refractivity contribution in [3.05, 3.63) is 29.3 Å². The number of rotatable bonds is 1. The van der Waals surface area contributed by atoms with E-state index in [-0.39, 0.29) is 0 Å². The molecule has 3 heteroatoms. The second-order valence-corrected chi connectivity index (χ2v) is 3.56. The van der Waals surface area contributed by atoms with Crippen molar-refractivity contribution in [1.29, 1.82) is 0 Å². The Morgan fingerprint density at radius 2 is 1.55 bits per heavy atom. The van der Waals surface area contributed by atoms with Crippen molar-refractivity contribution in [2.24, 2.45) is 0 Å². The van der Waals surface area contributed by atoms with Crippen LogP contribution in [0.2, 0.25) is 0 Å². The van der Waals surface area contributed by atoms with E-state index in [4.69, 9.17) is 9.79 Å². The van der Waals surface area contributed by atoms with Crippen molar-refractivity contribution in [3.63, 3.8) is 0 Å². The normalized spacial score (nSPS) is 10.6. The predicted molar refractivity (Wildman–Crippen MR) is 46.9 cm³/mol. The van der Waals surface area contributed by atoms with E-state index in [2.05, 4.69) is 0 Å². The van der Waals surface area contributed by atoms with E-state index in [1.165, 1.54) is 0 Å². The molecule has 0 spiro atoms. The van der Waals surface area contributed by atoms with Gasteiger partial charge in [-0.3, -0.25) is 0 Å².